The van der Waals surface area contributed by atoms with Gasteiger partial charge in [0, 0.05) is 13.0 Å². The summed E-state index contributed by atoms with van der Waals surface area (Å²) in [7, 11) is 0. The Bertz CT molecular complexity index is 328. The zero-order valence-electron chi connectivity index (χ0n) is 6.98. The van der Waals surface area contributed by atoms with Crippen molar-refractivity contribution in [3.63, 3.8) is 0 Å². The fourth-order valence-electron chi connectivity index (χ4n) is 0.910. The van der Waals surface area contributed by atoms with Crippen molar-refractivity contribution in [1.82, 2.24) is 0 Å². The molecule has 0 atom stereocenters. The van der Waals surface area contributed by atoms with E-state index in [9.17, 15) is 0 Å². The molecule has 0 aliphatic rings. The first-order valence-electron chi connectivity index (χ1n) is 3.87. The summed E-state index contributed by atoms with van der Waals surface area (Å²) in [5.41, 5.74) is 0.824. The molecular formula is C10H9Cl2N. The third kappa shape index (κ3) is 2.84. The van der Waals surface area contributed by atoms with Crippen LogP contribution in [-0.2, 0) is 0 Å². The summed E-state index contributed by atoms with van der Waals surface area (Å²) in [5, 5.41) is 4.19. The van der Waals surface area contributed by atoms with Gasteiger partial charge in [0.1, 0.15) is 0 Å². The Hall–Kier alpha value is -0.840. The van der Waals surface area contributed by atoms with Crippen molar-refractivity contribution in [1.29, 1.82) is 0 Å². The normalized spacial score (nSPS) is 9.31. The summed E-state index contributed by atoms with van der Waals surface area (Å²) in [4.78, 5) is 0. The van der Waals surface area contributed by atoms with Crippen LogP contribution in [0.3, 0.4) is 0 Å². The van der Waals surface area contributed by atoms with Crippen LogP contribution in [0.5, 0.6) is 0 Å². The van der Waals surface area contributed by atoms with Crippen molar-refractivity contribution < 1.29 is 0 Å². The fourth-order valence-corrected chi connectivity index (χ4v) is 1.28. The molecule has 0 unspecified atom stereocenters. The van der Waals surface area contributed by atoms with Crippen LogP contribution in [0.4, 0.5) is 5.69 Å². The van der Waals surface area contributed by atoms with Gasteiger partial charge in [-0.15, -0.1) is 12.3 Å². The van der Waals surface area contributed by atoms with Crippen molar-refractivity contribution in [2.75, 3.05) is 11.9 Å². The Morgan fingerprint density at radius 3 is 2.85 bits per heavy atom. The number of terminal acetylenes is 1. The standard InChI is InChI=1S/C10H9Cl2N/c1-2-3-7-13-9-6-4-5-8(11)10(9)12/h1,4-6,13H,3,7H2. The summed E-state index contributed by atoms with van der Waals surface area (Å²) in [5.74, 6) is 2.53. The minimum atomic E-state index is 0.543. The van der Waals surface area contributed by atoms with Crippen molar-refractivity contribution in [2.45, 2.75) is 6.42 Å². The quantitative estimate of drug-likeness (QED) is 0.600. The average molecular weight is 214 g/mol. The fraction of sp³-hybridized carbons (Fsp3) is 0.200. The smallest absolute Gasteiger partial charge is 0.0823 e. The van der Waals surface area contributed by atoms with E-state index in [4.69, 9.17) is 29.6 Å². The van der Waals surface area contributed by atoms with Crippen LogP contribution in [0.15, 0.2) is 18.2 Å². The molecular weight excluding hydrogens is 205 g/mol. The molecule has 0 aromatic heterocycles. The highest BCUT2D eigenvalue weighted by atomic mass is 35.5. The number of halogens is 2. The Balaban J connectivity index is 2.67. The van der Waals surface area contributed by atoms with E-state index in [0.29, 0.717) is 23.0 Å². The molecule has 0 radical (unpaired) electrons. The van der Waals surface area contributed by atoms with Gasteiger partial charge >= 0.3 is 0 Å². The lowest BCUT2D eigenvalue weighted by Crippen LogP contribution is -2.00. The largest absolute Gasteiger partial charge is 0.383 e. The van der Waals surface area contributed by atoms with Gasteiger partial charge in [-0.05, 0) is 12.1 Å². The summed E-state index contributed by atoms with van der Waals surface area (Å²) >= 11 is 11.7. The molecule has 0 amide bonds. The van der Waals surface area contributed by atoms with Crippen molar-refractivity contribution in [3.8, 4) is 12.3 Å². The van der Waals surface area contributed by atoms with Gasteiger partial charge in [0.05, 0.1) is 15.7 Å². The molecule has 0 saturated carbocycles. The van der Waals surface area contributed by atoms with Crippen LogP contribution < -0.4 is 5.32 Å². The lowest BCUT2D eigenvalue weighted by Gasteiger charge is -2.06. The van der Waals surface area contributed by atoms with E-state index in [2.05, 4.69) is 11.2 Å². The average Bonchev–Trinajstić information content (AvgIpc) is 2.13. The van der Waals surface area contributed by atoms with Gasteiger partial charge in [0.2, 0.25) is 0 Å². The Morgan fingerprint density at radius 1 is 1.38 bits per heavy atom. The van der Waals surface area contributed by atoms with Gasteiger partial charge in [-0.2, -0.15) is 0 Å². The predicted octanol–water partition coefficient (Wildman–Crippen LogP) is 3.43. The van der Waals surface area contributed by atoms with Crippen LogP contribution in [0.1, 0.15) is 6.42 Å². The van der Waals surface area contributed by atoms with Gasteiger partial charge in [-0.3, -0.25) is 0 Å². The minimum Gasteiger partial charge on any atom is -0.383 e. The number of nitrogens with one attached hydrogen (secondary N) is 1. The lowest BCUT2D eigenvalue weighted by molar-refractivity contribution is 1.10. The van der Waals surface area contributed by atoms with Crippen LogP contribution in [-0.4, -0.2) is 6.54 Å². The first-order chi connectivity index (χ1) is 6.25. The van der Waals surface area contributed by atoms with Gasteiger partial charge in [0.15, 0.2) is 0 Å². The maximum atomic E-state index is 5.93. The molecule has 1 nitrogen and oxygen atoms in total. The molecule has 1 N–H and O–H groups in total. The molecule has 1 aromatic carbocycles. The van der Waals surface area contributed by atoms with Crippen molar-refractivity contribution >= 4 is 28.9 Å². The first kappa shape index (κ1) is 10.2. The van der Waals surface area contributed by atoms with E-state index < -0.39 is 0 Å². The molecule has 3 heteroatoms. The summed E-state index contributed by atoms with van der Waals surface area (Å²) in [6.07, 6.45) is 5.78. The monoisotopic (exact) mass is 213 g/mol. The van der Waals surface area contributed by atoms with E-state index >= 15 is 0 Å². The van der Waals surface area contributed by atoms with E-state index in [1.807, 2.05) is 12.1 Å². The molecule has 68 valence electrons. The molecule has 0 spiro atoms. The highest BCUT2D eigenvalue weighted by Crippen LogP contribution is 2.29. The van der Waals surface area contributed by atoms with Crippen molar-refractivity contribution in [2.24, 2.45) is 0 Å². The molecule has 0 saturated heterocycles. The number of anilines is 1. The molecule has 1 rings (SSSR count). The van der Waals surface area contributed by atoms with E-state index in [1.165, 1.54) is 0 Å². The van der Waals surface area contributed by atoms with Gasteiger partial charge in [-0.25, -0.2) is 0 Å². The van der Waals surface area contributed by atoms with E-state index in [-0.39, 0.29) is 0 Å². The predicted molar refractivity (Wildman–Crippen MR) is 58.4 cm³/mol. The second kappa shape index (κ2) is 5.01. The van der Waals surface area contributed by atoms with Gasteiger partial charge in [0.25, 0.3) is 0 Å². The van der Waals surface area contributed by atoms with Gasteiger partial charge < -0.3 is 5.32 Å². The molecule has 1 aromatic rings. The second-order valence-corrected chi connectivity index (χ2v) is 3.27. The zero-order chi connectivity index (χ0) is 9.68. The minimum absolute atomic E-state index is 0.543. The lowest BCUT2D eigenvalue weighted by atomic mass is 10.3. The summed E-state index contributed by atoms with van der Waals surface area (Å²) in [6, 6.07) is 5.45. The first-order valence-corrected chi connectivity index (χ1v) is 4.62. The second-order valence-electron chi connectivity index (χ2n) is 2.48. The molecule has 0 aliphatic carbocycles. The molecule has 0 aliphatic heterocycles. The number of hydrogen-bond acceptors (Lipinski definition) is 1. The third-order valence-corrected chi connectivity index (χ3v) is 2.36. The van der Waals surface area contributed by atoms with Crippen molar-refractivity contribution in [3.05, 3.63) is 28.2 Å². The third-order valence-electron chi connectivity index (χ3n) is 1.54. The summed E-state index contributed by atoms with van der Waals surface area (Å²) in [6.45, 7) is 0.705. The summed E-state index contributed by atoms with van der Waals surface area (Å²) < 4.78 is 0. The maximum Gasteiger partial charge on any atom is 0.0823 e. The maximum absolute atomic E-state index is 5.93. The molecule has 0 heterocycles. The van der Waals surface area contributed by atoms with Crippen LogP contribution in [0.25, 0.3) is 0 Å². The van der Waals surface area contributed by atoms with Crippen LogP contribution in [0, 0.1) is 12.3 Å². The Kier molecular flexibility index (Phi) is 3.95. The van der Waals surface area contributed by atoms with Crippen LogP contribution in [0.2, 0.25) is 10.0 Å². The Morgan fingerprint density at radius 2 is 2.15 bits per heavy atom. The number of rotatable bonds is 3. The topological polar surface area (TPSA) is 12.0 Å². The zero-order valence-corrected chi connectivity index (χ0v) is 8.49. The van der Waals surface area contributed by atoms with Gasteiger partial charge in [-0.1, -0.05) is 29.3 Å². The SMILES string of the molecule is C#CCCNc1cccc(Cl)c1Cl. The van der Waals surface area contributed by atoms with E-state index in [0.717, 1.165) is 5.69 Å². The highest BCUT2D eigenvalue weighted by Gasteiger charge is 2.01. The highest BCUT2D eigenvalue weighted by molar-refractivity contribution is 6.43. The molecule has 0 bridgehead atoms. The van der Waals surface area contributed by atoms with E-state index in [1.54, 1.807) is 6.07 Å². The molecule has 13 heavy (non-hydrogen) atoms. The van der Waals surface area contributed by atoms with Crippen LogP contribution >= 0.6 is 23.2 Å². The number of hydrogen-bond donors (Lipinski definition) is 1. The Labute approximate surface area is 88.0 Å². The number of benzene rings is 1. The molecule has 0 fully saturated rings.